The van der Waals surface area contributed by atoms with Gasteiger partial charge in [-0.15, -0.1) is 0 Å². The number of carboxylic acids is 1. The summed E-state index contributed by atoms with van der Waals surface area (Å²) in [6, 6.07) is 7.62. The van der Waals surface area contributed by atoms with E-state index in [1.807, 2.05) is 0 Å². The number of alkyl halides is 3. The molecule has 0 aliphatic carbocycles. The van der Waals surface area contributed by atoms with Crippen molar-refractivity contribution >= 4 is 16.9 Å². The highest BCUT2D eigenvalue weighted by Crippen LogP contribution is 2.34. The molecule has 0 atom stereocenters. The van der Waals surface area contributed by atoms with Crippen molar-refractivity contribution in [2.75, 3.05) is 0 Å². The van der Waals surface area contributed by atoms with Crippen LogP contribution in [0.2, 0.25) is 0 Å². The number of carboxylic acid groups (broad SMARTS) is 1. The Morgan fingerprint density at radius 3 is 2.50 bits per heavy atom. The molecule has 0 amide bonds. The van der Waals surface area contributed by atoms with E-state index in [1.165, 1.54) is 22.8 Å². The first kappa shape index (κ1) is 14.2. The van der Waals surface area contributed by atoms with Gasteiger partial charge in [-0.2, -0.15) is 13.2 Å². The predicted octanol–water partition coefficient (Wildman–Crippen LogP) is 4.16. The van der Waals surface area contributed by atoms with Gasteiger partial charge in [-0.3, -0.25) is 0 Å². The Morgan fingerprint density at radius 1 is 1.18 bits per heavy atom. The number of rotatable bonds is 2. The maximum absolute atomic E-state index is 12.7. The Morgan fingerprint density at radius 2 is 1.91 bits per heavy atom. The van der Waals surface area contributed by atoms with E-state index >= 15 is 0 Å². The molecule has 3 rings (SSSR count). The maximum Gasteiger partial charge on any atom is 0.416 e. The summed E-state index contributed by atoms with van der Waals surface area (Å²) in [7, 11) is 1.55. The van der Waals surface area contributed by atoms with Crippen molar-refractivity contribution in [3.8, 4) is 11.5 Å². The summed E-state index contributed by atoms with van der Waals surface area (Å²) in [6.45, 7) is 0. The lowest BCUT2D eigenvalue weighted by Crippen LogP contribution is -2.04. The van der Waals surface area contributed by atoms with Gasteiger partial charge in [-0.25, -0.2) is 4.79 Å². The highest BCUT2D eigenvalue weighted by Gasteiger charge is 2.30. The third-order valence-corrected chi connectivity index (χ3v) is 3.44. The summed E-state index contributed by atoms with van der Waals surface area (Å²) in [5.74, 6) is -0.784. The van der Waals surface area contributed by atoms with E-state index in [4.69, 9.17) is 9.52 Å². The Hall–Kier alpha value is -2.70. The van der Waals surface area contributed by atoms with Crippen molar-refractivity contribution in [2.24, 2.45) is 7.05 Å². The number of fused-ring (bicyclic) bond motifs is 1. The molecule has 4 nitrogen and oxygen atoms in total. The summed E-state index contributed by atoms with van der Waals surface area (Å²) in [5, 5.41) is 9.32. The van der Waals surface area contributed by atoms with Crippen molar-refractivity contribution in [3.05, 3.63) is 47.7 Å². The second kappa shape index (κ2) is 4.66. The summed E-state index contributed by atoms with van der Waals surface area (Å²) < 4.78 is 45.0. The molecular formula is C15H10F3NO3. The molecule has 0 unspecified atom stereocenters. The molecule has 0 bridgehead atoms. The first-order chi connectivity index (χ1) is 10.3. The Labute approximate surface area is 122 Å². The van der Waals surface area contributed by atoms with Gasteiger partial charge in [0.1, 0.15) is 11.3 Å². The van der Waals surface area contributed by atoms with Crippen LogP contribution in [0.1, 0.15) is 16.1 Å². The fraction of sp³-hybridized carbons (Fsp3) is 0.133. The first-order valence-electron chi connectivity index (χ1n) is 6.27. The van der Waals surface area contributed by atoms with Crippen molar-refractivity contribution in [1.29, 1.82) is 0 Å². The molecule has 2 heterocycles. The molecule has 1 N–H and O–H groups in total. The smallest absolute Gasteiger partial charge is 0.416 e. The molecule has 3 aromatic rings. The number of hydrogen-bond acceptors (Lipinski definition) is 2. The number of aromatic carboxylic acids is 1. The fourth-order valence-electron chi connectivity index (χ4n) is 2.32. The molecule has 22 heavy (non-hydrogen) atoms. The summed E-state index contributed by atoms with van der Waals surface area (Å²) in [6.07, 6.45) is -4.42. The molecule has 2 aromatic heterocycles. The Bertz CT molecular complexity index is 874. The predicted molar refractivity (Wildman–Crippen MR) is 72.6 cm³/mol. The number of aromatic nitrogens is 1. The minimum absolute atomic E-state index is 0.0615. The summed E-state index contributed by atoms with van der Waals surface area (Å²) in [5.41, 5.74) is 0.0835. The maximum atomic E-state index is 12.7. The van der Waals surface area contributed by atoms with Crippen LogP contribution in [0.5, 0.6) is 0 Å². The van der Waals surface area contributed by atoms with Gasteiger partial charge in [-0.05, 0) is 36.4 Å². The van der Waals surface area contributed by atoms with E-state index < -0.39 is 17.7 Å². The lowest BCUT2D eigenvalue weighted by atomic mass is 10.1. The second-order valence-electron chi connectivity index (χ2n) is 4.83. The lowest BCUT2D eigenvalue weighted by Gasteiger charge is -2.04. The van der Waals surface area contributed by atoms with Gasteiger partial charge in [0.15, 0.2) is 5.76 Å². The second-order valence-corrected chi connectivity index (χ2v) is 4.83. The zero-order chi connectivity index (χ0) is 16.1. The zero-order valence-corrected chi connectivity index (χ0v) is 11.3. The SMILES string of the molecule is Cn1c(C(=O)O)ccc1-c1cc2cc(C(F)(F)F)ccc2o1. The van der Waals surface area contributed by atoms with Gasteiger partial charge in [-0.1, -0.05) is 0 Å². The minimum Gasteiger partial charge on any atom is -0.477 e. The average molecular weight is 309 g/mol. The molecule has 1 aromatic carbocycles. The summed E-state index contributed by atoms with van der Waals surface area (Å²) in [4.78, 5) is 11.0. The van der Waals surface area contributed by atoms with Gasteiger partial charge < -0.3 is 14.1 Å². The monoisotopic (exact) mass is 309 g/mol. The topological polar surface area (TPSA) is 55.4 Å². The average Bonchev–Trinajstić information content (AvgIpc) is 2.99. The zero-order valence-electron chi connectivity index (χ0n) is 11.3. The quantitative estimate of drug-likeness (QED) is 0.773. The van der Waals surface area contributed by atoms with Crippen LogP contribution in [0.3, 0.4) is 0 Å². The normalized spacial score (nSPS) is 12.0. The molecule has 0 radical (unpaired) electrons. The molecule has 0 aliphatic rings. The van der Waals surface area contributed by atoms with Gasteiger partial charge in [0.2, 0.25) is 0 Å². The molecule has 0 spiro atoms. The van der Waals surface area contributed by atoms with E-state index in [-0.39, 0.29) is 5.69 Å². The third kappa shape index (κ3) is 2.24. The molecule has 0 aliphatic heterocycles. The van der Waals surface area contributed by atoms with Gasteiger partial charge in [0.25, 0.3) is 0 Å². The van der Waals surface area contributed by atoms with Crippen LogP contribution in [-0.4, -0.2) is 15.6 Å². The van der Waals surface area contributed by atoms with E-state index in [0.29, 0.717) is 22.4 Å². The van der Waals surface area contributed by atoms with Crippen molar-refractivity contribution < 1.29 is 27.5 Å². The minimum atomic E-state index is -4.42. The van der Waals surface area contributed by atoms with Gasteiger partial charge >= 0.3 is 12.1 Å². The van der Waals surface area contributed by atoms with Crippen LogP contribution in [0.4, 0.5) is 13.2 Å². The van der Waals surface area contributed by atoms with Crippen LogP contribution in [-0.2, 0) is 13.2 Å². The van der Waals surface area contributed by atoms with Gasteiger partial charge in [0.05, 0.1) is 11.3 Å². The number of benzene rings is 1. The van der Waals surface area contributed by atoms with Crippen LogP contribution < -0.4 is 0 Å². The largest absolute Gasteiger partial charge is 0.477 e. The lowest BCUT2D eigenvalue weighted by molar-refractivity contribution is -0.137. The molecular weight excluding hydrogens is 299 g/mol. The van der Waals surface area contributed by atoms with E-state index in [9.17, 15) is 18.0 Å². The molecule has 0 fully saturated rings. The molecule has 7 heteroatoms. The molecule has 0 saturated carbocycles. The van der Waals surface area contributed by atoms with Crippen LogP contribution >= 0.6 is 0 Å². The van der Waals surface area contributed by atoms with Crippen LogP contribution in [0.15, 0.2) is 40.8 Å². The number of furan rings is 1. The molecule has 0 saturated heterocycles. The van der Waals surface area contributed by atoms with E-state index in [2.05, 4.69) is 0 Å². The molecule has 114 valence electrons. The highest BCUT2D eigenvalue weighted by molar-refractivity contribution is 5.88. The van der Waals surface area contributed by atoms with Gasteiger partial charge in [0, 0.05) is 12.4 Å². The Balaban J connectivity index is 2.11. The summed E-state index contributed by atoms with van der Waals surface area (Å²) >= 11 is 0. The van der Waals surface area contributed by atoms with E-state index in [1.54, 1.807) is 13.1 Å². The number of nitrogens with zero attached hydrogens (tertiary/aromatic N) is 1. The number of carbonyl (C=O) groups is 1. The third-order valence-electron chi connectivity index (χ3n) is 3.44. The first-order valence-corrected chi connectivity index (χ1v) is 6.27. The van der Waals surface area contributed by atoms with Crippen LogP contribution in [0, 0.1) is 0 Å². The van der Waals surface area contributed by atoms with Crippen molar-refractivity contribution in [2.45, 2.75) is 6.18 Å². The van der Waals surface area contributed by atoms with Crippen molar-refractivity contribution in [3.63, 3.8) is 0 Å². The Kier molecular flexibility index (Phi) is 3.01. The van der Waals surface area contributed by atoms with E-state index in [0.717, 1.165) is 12.1 Å². The van der Waals surface area contributed by atoms with Crippen molar-refractivity contribution in [1.82, 2.24) is 4.57 Å². The number of hydrogen-bond donors (Lipinski definition) is 1. The number of halogens is 3. The fourth-order valence-corrected chi connectivity index (χ4v) is 2.32. The van der Waals surface area contributed by atoms with Crippen LogP contribution in [0.25, 0.3) is 22.4 Å². The standard InChI is InChI=1S/C15H10F3NO3/c1-19-10(3-4-11(19)14(20)21)13-7-8-6-9(15(16,17)18)2-5-12(8)22-13/h2-7H,1H3,(H,20,21). The highest BCUT2D eigenvalue weighted by atomic mass is 19.4.